The molecule has 0 fully saturated rings. The number of nitrogens with zero attached hydrogens (tertiary/aromatic N) is 1. The number of hydrogen-bond acceptors (Lipinski definition) is 3. The predicted molar refractivity (Wildman–Crippen MR) is 81.7 cm³/mol. The molecule has 94 valence electrons. The van der Waals surface area contributed by atoms with E-state index in [1.165, 1.54) is 0 Å². The average molecular weight is 420 g/mol. The van der Waals surface area contributed by atoms with Gasteiger partial charge in [-0.2, -0.15) is 0 Å². The van der Waals surface area contributed by atoms with Gasteiger partial charge in [0.25, 0.3) is 0 Å². The first-order valence-corrected chi connectivity index (χ1v) is 7.12. The van der Waals surface area contributed by atoms with Crippen molar-refractivity contribution in [2.75, 3.05) is 7.11 Å². The first kappa shape index (κ1) is 13.8. The number of aromatic nitrogens is 1. The van der Waals surface area contributed by atoms with E-state index >= 15 is 0 Å². The van der Waals surface area contributed by atoms with E-state index in [0.717, 1.165) is 13.6 Å². The van der Waals surface area contributed by atoms with Crippen molar-refractivity contribution in [1.82, 2.24) is 4.98 Å². The minimum atomic E-state index is -0.800. The summed E-state index contributed by atoms with van der Waals surface area (Å²) in [5, 5.41) is 10.4. The topological polar surface area (TPSA) is 42.4 Å². The fourth-order valence-corrected chi connectivity index (χ4v) is 2.66. The number of benzene rings is 1. The van der Waals surface area contributed by atoms with E-state index in [1.54, 1.807) is 25.4 Å². The SMILES string of the molecule is COc1cccnc1C(O)c1cc(Br)ccc1I. The van der Waals surface area contributed by atoms with Crippen LogP contribution < -0.4 is 4.74 Å². The molecular formula is C13H11BrINO2. The van der Waals surface area contributed by atoms with Crippen molar-refractivity contribution >= 4 is 38.5 Å². The van der Waals surface area contributed by atoms with Crippen LogP contribution in [0, 0.1) is 3.57 Å². The largest absolute Gasteiger partial charge is 0.495 e. The normalized spacial score (nSPS) is 12.2. The summed E-state index contributed by atoms with van der Waals surface area (Å²) in [7, 11) is 1.57. The molecule has 0 aliphatic heterocycles. The first-order chi connectivity index (χ1) is 8.63. The maximum atomic E-state index is 10.4. The Kier molecular flexibility index (Phi) is 4.58. The molecule has 0 saturated carbocycles. The summed E-state index contributed by atoms with van der Waals surface area (Å²) in [4.78, 5) is 4.20. The second-order valence-corrected chi connectivity index (χ2v) is 5.74. The number of ether oxygens (including phenoxy) is 1. The van der Waals surface area contributed by atoms with Crippen LogP contribution in [0.15, 0.2) is 41.0 Å². The fourth-order valence-electron chi connectivity index (χ4n) is 1.65. The van der Waals surface area contributed by atoms with Gasteiger partial charge < -0.3 is 9.84 Å². The average Bonchev–Trinajstić information content (AvgIpc) is 2.40. The van der Waals surface area contributed by atoms with Crippen molar-refractivity contribution in [3.63, 3.8) is 0 Å². The number of methoxy groups -OCH3 is 1. The third-order valence-electron chi connectivity index (χ3n) is 2.53. The minimum absolute atomic E-state index is 0.524. The lowest BCUT2D eigenvalue weighted by Gasteiger charge is -2.15. The maximum absolute atomic E-state index is 10.4. The molecule has 3 nitrogen and oxygen atoms in total. The van der Waals surface area contributed by atoms with Gasteiger partial charge in [-0.15, -0.1) is 0 Å². The van der Waals surface area contributed by atoms with Gasteiger partial charge in [-0.3, -0.25) is 4.98 Å². The number of aliphatic hydroxyl groups is 1. The van der Waals surface area contributed by atoms with Gasteiger partial charge in [0.15, 0.2) is 0 Å². The number of pyridine rings is 1. The molecule has 2 aromatic rings. The van der Waals surface area contributed by atoms with Gasteiger partial charge in [-0.25, -0.2) is 0 Å². The van der Waals surface area contributed by atoms with Crippen molar-refractivity contribution in [3.05, 3.63) is 55.8 Å². The highest BCUT2D eigenvalue weighted by Crippen LogP contribution is 2.31. The number of aliphatic hydroxyl groups excluding tert-OH is 1. The molecule has 0 saturated heterocycles. The Balaban J connectivity index is 2.47. The summed E-state index contributed by atoms with van der Waals surface area (Å²) in [6.07, 6.45) is 0.844. The van der Waals surface area contributed by atoms with Gasteiger partial charge in [0.1, 0.15) is 17.5 Å². The summed E-state index contributed by atoms with van der Waals surface area (Å²) in [5.74, 6) is 0.584. The zero-order valence-corrected chi connectivity index (χ0v) is 13.3. The summed E-state index contributed by atoms with van der Waals surface area (Å²) in [5.41, 5.74) is 1.33. The Bertz CT molecular complexity index is 562. The van der Waals surface area contributed by atoms with Crippen LogP contribution in [-0.4, -0.2) is 17.2 Å². The molecular weight excluding hydrogens is 409 g/mol. The maximum Gasteiger partial charge on any atom is 0.143 e. The van der Waals surface area contributed by atoms with Crippen molar-refractivity contribution in [3.8, 4) is 5.75 Å². The lowest BCUT2D eigenvalue weighted by Crippen LogP contribution is -2.06. The predicted octanol–water partition coefficient (Wildman–Crippen LogP) is 3.54. The van der Waals surface area contributed by atoms with E-state index in [1.807, 2.05) is 18.2 Å². The molecule has 0 spiro atoms. The second-order valence-electron chi connectivity index (χ2n) is 3.66. The third-order valence-corrected chi connectivity index (χ3v) is 4.01. The van der Waals surface area contributed by atoms with Crippen LogP contribution in [0.1, 0.15) is 17.4 Å². The Morgan fingerprint density at radius 3 is 2.89 bits per heavy atom. The Hall–Kier alpha value is -0.660. The monoisotopic (exact) mass is 419 g/mol. The molecule has 18 heavy (non-hydrogen) atoms. The van der Waals surface area contributed by atoms with Crippen LogP contribution in [0.3, 0.4) is 0 Å². The van der Waals surface area contributed by atoms with Crippen LogP contribution in [0.2, 0.25) is 0 Å². The quantitative estimate of drug-likeness (QED) is 0.773. The van der Waals surface area contributed by atoms with E-state index in [2.05, 4.69) is 43.5 Å². The van der Waals surface area contributed by atoms with Gasteiger partial charge >= 0.3 is 0 Å². The van der Waals surface area contributed by atoms with Crippen LogP contribution in [0.4, 0.5) is 0 Å². The number of halogens is 2. The fraction of sp³-hybridized carbons (Fsp3) is 0.154. The summed E-state index contributed by atoms with van der Waals surface area (Å²) >= 11 is 5.60. The molecule has 0 aliphatic rings. The molecule has 5 heteroatoms. The smallest absolute Gasteiger partial charge is 0.143 e. The zero-order valence-electron chi connectivity index (χ0n) is 9.60. The van der Waals surface area contributed by atoms with Crippen molar-refractivity contribution in [2.45, 2.75) is 6.10 Å². The highest BCUT2D eigenvalue weighted by Gasteiger charge is 2.19. The number of rotatable bonds is 3. The second kappa shape index (κ2) is 5.99. The van der Waals surface area contributed by atoms with Crippen molar-refractivity contribution in [2.24, 2.45) is 0 Å². The van der Waals surface area contributed by atoms with Crippen molar-refractivity contribution in [1.29, 1.82) is 0 Å². The lowest BCUT2D eigenvalue weighted by atomic mass is 10.1. The van der Waals surface area contributed by atoms with Crippen molar-refractivity contribution < 1.29 is 9.84 Å². The molecule has 1 unspecified atom stereocenters. The van der Waals surface area contributed by atoms with Gasteiger partial charge in [0.05, 0.1) is 7.11 Å². The van der Waals surface area contributed by atoms with Gasteiger partial charge in [0.2, 0.25) is 0 Å². The molecule has 1 heterocycles. The molecule has 1 aromatic heterocycles. The third kappa shape index (κ3) is 2.84. The van der Waals surface area contributed by atoms with Gasteiger partial charge in [-0.05, 0) is 52.9 Å². The van der Waals surface area contributed by atoms with Crippen LogP contribution in [-0.2, 0) is 0 Å². The van der Waals surface area contributed by atoms with E-state index in [4.69, 9.17) is 4.74 Å². The Morgan fingerprint density at radius 2 is 2.17 bits per heavy atom. The summed E-state index contributed by atoms with van der Waals surface area (Å²) < 4.78 is 7.13. The van der Waals surface area contributed by atoms with Gasteiger partial charge in [0, 0.05) is 19.8 Å². The van der Waals surface area contributed by atoms with E-state index < -0.39 is 6.10 Å². The van der Waals surface area contributed by atoms with Gasteiger partial charge in [-0.1, -0.05) is 15.9 Å². The highest BCUT2D eigenvalue weighted by atomic mass is 127. The molecule has 1 aromatic carbocycles. The summed E-state index contributed by atoms with van der Waals surface area (Å²) in [6.45, 7) is 0. The van der Waals surface area contributed by atoms with E-state index in [9.17, 15) is 5.11 Å². The molecule has 2 rings (SSSR count). The molecule has 1 N–H and O–H groups in total. The van der Waals surface area contributed by atoms with E-state index in [-0.39, 0.29) is 0 Å². The molecule has 1 atom stereocenters. The lowest BCUT2D eigenvalue weighted by molar-refractivity contribution is 0.208. The minimum Gasteiger partial charge on any atom is -0.495 e. The molecule has 0 bridgehead atoms. The summed E-state index contributed by atoms with van der Waals surface area (Å²) in [6, 6.07) is 9.34. The highest BCUT2D eigenvalue weighted by molar-refractivity contribution is 14.1. The Labute approximate surface area is 127 Å². The van der Waals surface area contributed by atoms with Crippen LogP contribution >= 0.6 is 38.5 Å². The first-order valence-electron chi connectivity index (χ1n) is 5.25. The standard InChI is InChI=1S/C13H11BrINO2/c1-18-11-3-2-6-16-12(11)13(17)9-7-8(14)4-5-10(9)15/h2-7,13,17H,1H3. The molecule has 0 amide bonds. The van der Waals surface area contributed by atoms with E-state index in [0.29, 0.717) is 11.4 Å². The molecule has 0 radical (unpaired) electrons. The molecule has 0 aliphatic carbocycles. The zero-order chi connectivity index (χ0) is 13.1. The van der Waals surface area contributed by atoms with Crippen LogP contribution in [0.25, 0.3) is 0 Å². The number of hydrogen-bond donors (Lipinski definition) is 1. The van der Waals surface area contributed by atoms with Crippen LogP contribution in [0.5, 0.6) is 5.75 Å². The Morgan fingerprint density at radius 1 is 1.39 bits per heavy atom.